The number of ether oxygens (including phenoxy) is 1. The Morgan fingerprint density at radius 3 is 2.33 bits per heavy atom. The van der Waals surface area contributed by atoms with Gasteiger partial charge in [-0.15, -0.1) is 0 Å². The average molecular weight is 414 g/mol. The van der Waals surface area contributed by atoms with E-state index in [0.29, 0.717) is 43.0 Å². The van der Waals surface area contributed by atoms with Crippen LogP contribution in [0, 0.1) is 5.92 Å². The second-order valence-corrected chi connectivity index (χ2v) is 8.26. The third-order valence-electron chi connectivity index (χ3n) is 6.29. The molecule has 0 amide bonds. The Morgan fingerprint density at radius 2 is 1.73 bits per heavy atom. The first kappa shape index (κ1) is 22.3. The van der Waals surface area contributed by atoms with E-state index < -0.39 is 11.6 Å². The van der Waals surface area contributed by atoms with Crippen molar-refractivity contribution in [3.63, 3.8) is 0 Å². The molecule has 1 saturated heterocycles. The van der Waals surface area contributed by atoms with Crippen molar-refractivity contribution in [2.24, 2.45) is 5.92 Å². The van der Waals surface area contributed by atoms with Crippen LogP contribution in [0.25, 0.3) is 11.1 Å². The van der Waals surface area contributed by atoms with Gasteiger partial charge in [0.15, 0.2) is 0 Å². The van der Waals surface area contributed by atoms with Gasteiger partial charge in [0, 0.05) is 6.54 Å². The fourth-order valence-electron chi connectivity index (χ4n) is 4.05. The van der Waals surface area contributed by atoms with E-state index in [1.165, 1.54) is 0 Å². The number of rotatable bonds is 9. The van der Waals surface area contributed by atoms with Crippen LogP contribution in [-0.4, -0.2) is 47.9 Å². The number of likely N-dealkylation sites (tertiary alicyclic amines) is 1. The fourth-order valence-corrected chi connectivity index (χ4v) is 4.05. The van der Waals surface area contributed by atoms with Gasteiger partial charge in [0.25, 0.3) is 0 Å². The van der Waals surface area contributed by atoms with E-state index >= 15 is 0 Å². The van der Waals surface area contributed by atoms with Crippen LogP contribution in [-0.2, 0) is 0 Å². The van der Waals surface area contributed by atoms with Crippen molar-refractivity contribution in [2.75, 3.05) is 26.2 Å². The molecule has 5 heteroatoms. The highest BCUT2D eigenvalue weighted by molar-refractivity contribution is 5.96. The van der Waals surface area contributed by atoms with Crippen molar-refractivity contribution in [1.29, 1.82) is 0 Å². The topological polar surface area (TPSA) is 49.8 Å². The summed E-state index contributed by atoms with van der Waals surface area (Å²) < 4.78 is 20.6. The lowest BCUT2D eigenvalue weighted by Gasteiger charge is -2.36. The summed E-state index contributed by atoms with van der Waals surface area (Å²) in [5, 5.41) is 9.37. The van der Waals surface area contributed by atoms with Crippen LogP contribution >= 0.6 is 0 Å². The van der Waals surface area contributed by atoms with Gasteiger partial charge in [-0.2, -0.15) is 0 Å². The van der Waals surface area contributed by atoms with Crippen LogP contribution in [0.3, 0.4) is 0 Å². The van der Waals surface area contributed by atoms with Crippen LogP contribution < -0.4 is 4.74 Å². The van der Waals surface area contributed by atoms with Gasteiger partial charge in [-0.25, -0.2) is 9.18 Å². The van der Waals surface area contributed by atoms with Crippen LogP contribution in [0.2, 0.25) is 0 Å². The number of carboxylic acids is 1. The van der Waals surface area contributed by atoms with E-state index in [1.54, 1.807) is 12.1 Å². The molecular formula is C25H32FNO3. The van der Waals surface area contributed by atoms with Crippen molar-refractivity contribution in [1.82, 2.24) is 4.90 Å². The van der Waals surface area contributed by atoms with Gasteiger partial charge in [0.05, 0.1) is 12.2 Å². The van der Waals surface area contributed by atoms with E-state index in [1.807, 2.05) is 50.2 Å². The second kappa shape index (κ2) is 10.1. The van der Waals surface area contributed by atoms with Gasteiger partial charge < -0.3 is 14.7 Å². The highest BCUT2D eigenvalue weighted by Gasteiger charge is 2.30. The lowest BCUT2D eigenvalue weighted by molar-refractivity contribution is 0.0568. The minimum absolute atomic E-state index is 0.293. The number of alkyl halides is 1. The number of hydrogen-bond donors (Lipinski definition) is 1. The first-order valence-electron chi connectivity index (χ1n) is 10.9. The number of nitrogens with zero attached hydrogens (tertiary/aromatic N) is 1. The molecular weight excluding hydrogens is 381 g/mol. The molecule has 1 fully saturated rings. The minimum atomic E-state index is -1.07. The third-order valence-corrected chi connectivity index (χ3v) is 6.29. The fraction of sp³-hybridized carbons (Fsp3) is 0.480. The molecule has 0 spiro atoms. The lowest BCUT2D eigenvalue weighted by atomic mass is 9.94. The second-order valence-electron chi connectivity index (χ2n) is 8.26. The highest BCUT2D eigenvalue weighted by atomic mass is 19.1. The molecule has 162 valence electrons. The van der Waals surface area contributed by atoms with Crippen molar-refractivity contribution < 1.29 is 19.0 Å². The van der Waals surface area contributed by atoms with Crippen LogP contribution in [0.4, 0.5) is 4.39 Å². The molecule has 1 N–H and O–H groups in total. The van der Waals surface area contributed by atoms with E-state index in [2.05, 4.69) is 4.90 Å². The zero-order chi connectivity index (χ0) is 21.6. The maximum Gasteiger partial charge on any atom is 0.336 e. The number of benzene rings is 2. The molecule has 1 heterocycles. The Hall–Kier alpha value is -2.40. The van der Waals surface area contributed by atoms with Crippen molar-refractivity contribution in [3.8, 4) is 16.9 Å². The SMILES string of the molecule is CCC(F)(CC)CN1CCC(COc2ccc(-c3ccccc3C(=O)O)cc2)CC1. The smallest absolute Gasteiger partial charge is 0.336 e. The number of aromatic carboxylic acids is 1. The summed E-state index contributed by atoms with van der Waals surface area (Å²) in [6.07, 6.45) is 3.18. The minimum Gasteiger partial charge on any atom is -0.493 e. The average Bonchev–Trinajstić information content (AvgIpc) is 2.79. The standard InChI is InChI=1S/C25H32FNO3/c1-3-25(26,4-2)18-27-15-13-19(14-16-27)17-30-21-11-9-20(10-12-21)22-7-5-6-8-23(22)24(28)29/h5-12,19H,3-4,13-18H2,1-2H3,(H,28,29). The summed E-state index contributed by atoms with van der Waals surface area (Å²) in [6, 6.07) is 14.6. The molecule has 0 atom stereocenters. The Labute approximate surface area is 178 Å². The Morgan fingerprint density at radius 1 is 1.10 bits per heavy atom. The number of piperidine rings is 1. The number of carboxylic acid groups (broad SMARTS) is 1. The van der Waals surface area contributed by atoms with Gasteiger partial charge in [0.1, 0.15) is 11.4 Å². The highest BCUT2D eigenvalue weighted by Crippen LogP contribution is 2.28. The predicted molar refractivity (Wildman–Crippen MR) is 118 cm³/mol. The molecule has 2 aromatic rings. The van der Waals surface area contributed by atoms with Crippen molar-refractivity contribution >= 4 is 5.97 Å². The molecule has 0 radical (unpaired) electrons. The Balaban J connectivity index is 1.50. The normalized spacial score (nSPS) is 15.8. The molecule has 0 aliphatic carbocycles. The third kappa shape index (κ3) is 5.60. The van der Waals surface area contributed by atoms with E-state index in [4.69, 9.17) is 4.74 Å². The maximum absolute atomic E-state index is 14.6. The molecule has 30 heavy (non-hydrogen) atoms. The summed E-state index contributed by atoms with van der Waals surface area (Å²) in [4.78, 5) is 13.7. The predicted octanol–water partition coefficient (Wildman–Crippen LogP) is 5.67. The van der Waals surface area contributed by atoms with Crippen molar-refractivity contribution in [3.05, 3.63) is 54.1 Å². The molecule has 0 unspecified atom stereocenters. The summed E-state index contributed by atoms with van der Waals surface area (Å²) >= 11 is 0. The Kier molecular flexibility index (Phi) is 7.48. The van der Waals surface area contributed by atoms with Gasteiger partial charge in [0.2, 0.25) is 0 Å². The molecule has 2 aromatic carbocycles. The molecule has 0 bridgehead atoms. The summed E-state index contributed by atoms with van der Waals surface area (Å²) in [5.74, 6) is 0.333. The largest absolute Gasteiger partial charge is 0.493 e. The molecule has 1 aliphatic heterocycles. The molecule has 1 aliphatic rings. The molecule has 3 rings (SSSR count). The molecule has 4 nitrogen and oxygen atoms in total. The number of hydrogen-bond acceptors (Lipinski definition) is 3. The lowest BCUT2D eigenvalue weighted by Crippen LogP contribution is -2.44. The quantitative estimate of drug-likeness (QED) is 0.575. The first-order valence-corrected chi connectivity index (χ1v) is 10.9. The monoisotopic (exact) mass is 413 g/mol. The van der Waals surface area contributed by atoms with Gasteiger partial charge in [-0.1, -0.05) is 44.2 Å². The van der Waals surface area contributed by atoms with Crippen molar-refractivity contribution in [2.45, 2.75) is 45.2 Å². The summed E-state index contributed by atoms with van der Waals surface area (Å²) in [6.45, 7) is 6.88. The van der Waals surface area contributed by atoms with Gasteiger partial charge in [-0.3, -0.25) is 0 Å². The van der Waals surface area contributed by atoms with E-state index in [9.17, 15) is 14.3 Å². The van der Waals surface area contributed by atoms with Gasteiger partial charge in [-0.05, 0) is 74.0 Å². The Bertz CT molecular complexity index is 825. The number of carbonyl (C=O) groups is 1. The maximum atomic E-state index is 14.6. The zero-order valence-electron chi connectivity index (χ0n) is 17.9. The number of halogens is 1. The van der Waals surface area contributed by atoms with Crippen LogP contribution in [0.1, 0.15) is 49.9 Å². The molecule has 0 saturated carbocycles. The summed E-state index contributed by atoms with van der Waals surface area (Å²) in [5.41, 5.74) is 0.785. The first-order chi connectivity index (χ1) is 14.4. The van der Waals surface area contributed by atoms with Crippen LogP contribution in [0.15, 0.2) is 48.5 Å². The molecule has 0 aromatic heterocycles. The van der Waals surface area contributed by atoms with E-state index in [-0.39, 0.29) is 0 Å². The van der Waals surface area contributed by atoms with Gasteiger partial charge >= 0.3 is 5.97 Å². The zero-order valence-corrected chi connectivity index (χ0v) is 17.9. The van der Waals surface area contributed by atoms with E-state index in [0.717, 1.165) is 37.2 Å². The summed E-state index contributed by atoms with van der Waals surface area (Å²) in [7, 11) is 0. The van der Waals surface area contributed by atoms with Crippen LogP contribution in [0.5, 0.6) is 5.75 Å².